The van der Waals surface area contributed by atoms with Crippen molar-refractivity contribution >= 4 is 23.6 Å². The van der Waals surface area contributed by atoms with Gasteiger partial charge >= 0.3 is 6.09 Å². The molecule has 1 aromatic rings. The van der Waals surface area contributed by atoms with Crippen LogP contribution in [0.1, 0.15) is 64.4 Å². The number of pyridine rings is 1. The fraction of sp³-hybridized carbons (Fsp3) is 0.571. The lowest BCUT2D eigenvalue weighted by atomic mass is 9.78. The third-order valence-electron chi connectivity index (χ3n) is 7.93. The van der Waals surface area contributed by atoms with Crippen LogP contribution in [0.2, 0.25) is 0 Å². The zero-order chi connectivity index (χ0) is 28.7. The number of fused-ring (bicyclic) bond motifs is 1. The Hall–Kier alpha value is -3.47. The third kappa shape index (κ3) is 5.50. The highest BCUT2D eigenvalue weighted by molar-refractivity contribution is 5.93. The first-order valence-electron chi connectivity index (χ1n) is 13.4. The first kappa shape index (κ1) is 28.5. The van der Waals surface area contributed by atoms with E-state index in [1.165, 1.54) is 11.0 Å². The molecule has 3 N–H and O–H groups in total. The zero-order valence-electron chi connectivity index (χ0n) is 23.6. The molecule has 3 atom stereocenters. The Morgan fingerprint density at radius 1 is 1.33 bits per heavy atom. The van der Waals surface area contributed by atoms with Crippen molar-refractivity contribution in [2.24, 2.45) is 11.7 Å². The normalized spacial score (nSPS) is 25.5. The Morgan fingerprint density at radius 3 is 2.64 bits per heavy atom. The van der Waals surface area contributed by atoms with E-state index >= 15 is 4.39 Å². The summed E-state index contributed by atoms with van der Waals surface area (Å²) < 4.78 is 20.7. The molecule has 0 aromatic carbocycles. The molecule has 3 amide bonds. The van der Waals surface area contributed by atoms with Crippen LogP contribution in [0.3, 0.4) is 0 Å². The fourth-order valence-corrected chi connectivity index (χ4v) is 5.74. The number of carbonyl (C=O) groups excluding carboxylic acids is 3. The Balaban J connectivity index is 1.61. The van der Waals surface area contributed by atoms with Crippen LogP contribution in [0.25, 0.3) is 0 Å². The molecule has 10 nitrogen and oxygen atoms in total. The van der Waals surface area contributed by atoms with Crippen molar-refractivity contribution in [3.05, 3.63) is 47.3 Å². The fourth-order valence-electron chi connectivity index (χ4n) is 5.74. The summed E-state index contributed by atoms with van der Waals surface area (Å²) in [6.45, 7) is 10.5. The molecule has 0 spiro atoms. The molecule has 0 saturated carbocycles. The Bertz CT molecular complexity index is 1210. The summed E-state index contributed by atoms with van der Waals surface area (Å²) in [4.78, 5) is 47.8. The number of ether oxygens (including phenoxy) is 1. The first-order chi connectivity index (χ1) is 18.3. The minimum Gasteiger partial charge on any atom is -0.443 e. The summed E-state index contributed by atoms with van der Waals surface area (Å²) in [6.07, 6.45) is 4.18. The van der Waals surface area contributed by atoms with E-state index < -0.39 is 29.1 Å². The van der Waals surface area contributed by atoms with E-state index in [2.05, 4.69) is 20.1 Å². The minimum atomic E-state index is -1.01. The Labute approximate surface area is 229 Å². The number of nitrogens with one attached hydrogen (secondary N) is 1. The van der Waals surface area contributed by atoms with Crippen LogP contribution in [0, 0.1) is 5.92 Å². The molecule has 2 aliphatic heterocycles. The number of halogens is 1. The minimum absolute atomic E-state index is 0.0648. The van der Waals surface area contributed by atoms with Gasteiger partial charge in [-0.1, -0.05) is 0 Å². The molecule has 0 bridgehead atoms. The molecule has 2 fully saturated rings. The SMILES string of the molecule is CCN(C(=O)OC(C)(C)C)C1=C2NC(=O)C(C)(N3CCC[C@@H](N(C)c4ccc(C(N)=O)nc4)C3)C2CC(F)=C1. The number of hydrogen-bond donors (Lipinski definition) is 2. The predicted octanol–water partition coefficient (Wildman–Crippen LogP) is 3.31. The summed E-state index contributed by atoms with van der Waals surface area (Å²) >= 11 is 0. The summed E-state index contributed by atoms with van der Waals surface area (Å²) in [5.41, 5.74) is 5.51. The van der Waals surface area contributed by atoms with Crippen LogP contribution in [0.15, 0.2) is 41.6 Å². The van der Waals surface area contributed by atoms with Crippen LogP contribution >= 0.6 is 0 Å². The summed E-state index contributed by atoms with van der Waals surface area (Å²) in [6, 6.07) is 3.47. The molecule has 11 heteroatoms. The van der Waals surface area contributed by atoms with E-state index in [1.54, 1.807) is 46.0 Å². The van der Waals surface area contributed by atoms with Crippen molar-refractivity contribution in [1.82, 2.24) is 20.1 Å². The van der Waals surface area contributed by atoms with Crippen molar-refractivity contribution in [3.8, 4) is 0 Å². The standard InChI is InChI=1S/C28H39FN6O4/c1-7-35(26(38)39-27(2,3)4)22-14-17(29)13-20-23(22)32-25(37)28(20,5)34-12-8-9-19(16-34)33(6)18-10-11-21(24(30)36)31-15-18/h10-11,14-15,19-20H,7-9,12-13,16H2,1-6H3,(H2,30,36)(H,32,37)/t19-,20?,28?/m1/s1. The second-order valence-electron chi connectivity index (χ2n) is 11.6. The van der Waals surface area contributed by atoms with Crippen LogP contribution < -0.4 is 16.0 Å². The number of allylic oxidation sites excluding steroid dienone is 2. The number of rotatable bonds is 6. The van der Waals surface area contributed by atoms with Gasteiger partial charge in [0, 0.05) is 44.2 Å². The number of amides is 3. The molecule has 1 aliphatic carbocycles. The third-order valence-corrected chi connectivity index (χ3v) is 7.93. The van der Waals surface area contributed by atoms with Crippen molar-refractivity contribution in [3.63, 3.8) is 0 Å². The highest BCUT2D eigenvalue weighted by atomic mass is 19.1. The number of nitrogens with zero attached hydrogens (tertiary/aromatic N) is 4. The van der Waals surface area contributed by atoms with E-state index in [1.807, 2.05) is 14.0 Å². The van der Waals surface area contributed by atoms with Gasteiger partial charge in [0.2, 0.25) is 5.91 Å². The van der Waals surface area contributed by atoms with Crippen LogP contribution in [-0.2, 0) is 9.53 Å². The number of hydrogen-bond acceptors (Lipinski definition) is 7. The van der Waals surface area contributed by atoms with Gasteiger partial charge in [-0.2, -0.15) is 0 Å². The number of carbonyl (C=O) groups is 3. The lowest BCUT2D eigenvalue weighted by Crippen LogP contribution is -2.61. The van der Waals surface area contributed by atoms with Crippen LogP contribution in [0.4, 0.5) is 14.9 Å². The van der Waals surface area contributed by atoms with Crippen molar-refractivity contribution in [2.75, 3.05) is 31.6 Å². The van der Waals surface area contributed by atoms with E-state index in [4.69, 9.17) is 10.5 Å². The topological polar surface area (TPSA) is 121 Å². The van der Waals surface area contributed by atoms with E-state index in [0.29, 0.717) is 24.5 Å². The number of piperidine rings is 1. The van der Waals surface area contributed by atoms with Gasteiger partial charge < -0.3 is 20.7 Å². The highest BCUT2D eigenvalue weighted by Gasteiger charge is 2.56. The number of aromatic nitrogens is 1. The summed E-state index contributed by atoms with van der Waals surface area (Å²) in [7, 11) is 1.96. The second-order valence-corrected chi connectivity index (χ2v) is 11.6. The van der Waals surface area contributed by atoms with Gasteiger partial charge in [-0.05, 0) is 72.2 Å². The van der Waals surface area contributed by atoms with Gasteiger partial charge in [0.05, 0.1) is 17.6 Å². The maximum Gasteiger partial charge on any atom is 0.414 e. The Kier molecular flexibility index (Phi) is 7.75. The zero-order valence-corrected chi connectivity index (χ0v) is 23.6. The van der Waals surface area contributed by atoms with Gasteiger partial charge in [0.25, 0.3) is 5.91 Å². The lowest BCUT2D eigenvalue weighted by molar-refractivity contribution is -0.131. The lowest BCUT2D eigenvalue weighted by Gasteiger charge is -2.47. The molecular weight excluding hydrogens is 503 g/mol. The van der Waals surface area contributed by atoms with Gasteiger partial charge in [0.15, 0.2) is 0 Å². The quantitative estimate of drug-likeness (QED) is 0.566. The molecule has 3 heterocycles. The van der Waals surface area contributed by atoms with Gasteiger partial charge in [-0.15, -0.1) is 0 Å². The van der Waals surface area contributed by atoms with E-state index in [9.17, 15) is 14.4 Å². The molecule has 212 valence electrons. The second kappa shape index (κ2) is 10.6. The molecule has 2 saturated heterocycles. The molecule has 39 heavy (non-hydrogen) atoms. The number of nitrogens with two attached hydrogens (primary N) is 1. The van der Waals surface area contributed by atoms with Crippen molar-refractivity contribution in [2.45, 2.75) is 71.1 Å². The van der Waals surface area contributed by atoms with Crippen LogP contribution in [0.5, 0.6) is 0 Å². The number of primary amides is 1. The van der Waals surface area contributed by atoms with Crippen molar-refractivity contribution < 1.29 is 23.5 Å². The first-order valence-corrected chi connectivity index (χ1v) is 13.4. The molecule has 2 unspecified atom stereocenters. The van der Waals surface area contributed by atoms with Crippen LogP contribution in [-0.4, -0.2) is 76.6 Å². The monoisotopic (exact) mass is 542 g/mol. The van der Waals surface area contributed by atoms with Gasteiger partial charge in [-0.25, -0.2) is 14.2 Å². The van der Waals surface area contributed by atoms with Crippen molar-refractivity contribution in [1.29, 1.82) is 0 Å². The highest BCUT2D eigenvalue weighted by Crippen LogP contribution is 2.45. The molecule has 3 aliphatic rings. The molecule has 4 rings (SSSR count). The largest absolute Gasteiger partial charge is 0.443 e. The number of anilines is 1. The predicted molar refractivity (Wildman–Crippen MR) is 145 cm³/mol. The summed E-state index contributed by atoms with van der Waals surface area (Å²) in [5.74, 6) is -1.66. The van der Waals surface area contributed by atoms with Gasteiger partial charge in [-0.3, -0.25) is 19.4 Å². The van der Waals surface area contributed by atoms with E-state index in [0.717, 1.165) is 18.5 Å². The molecule has 0 radical (unpaired) electrons. The average molecular weight is 543 g/mol. The van der Waals surface area contributed by atoms with Gasteiger partial charge in [0.1, 0.15) is 22.7 Å². The Morgan fingerprint density at radius 2 is 2.05 bits per heavy atom. The molecular formula is C28H39FN6O4. The number of likely N-dealkylation sites (N-methyl/N-ethyl adjacent to an activating group) is 2. The molecule has 1 aromatic heterocycles. The maximum atomic E-state index is 15.2. The maximum absolute atomic E-state index is 15.2. The van der Waals surface area contributed by atoms with E-state index in [-0.39, 0.29) is 36.4 Å². The summed E-state index contributed by atoms with van der Waals surface area (Å²) in [5, 5.41) is 3.01. The smallest absolute Gasteiger partial charge is 0.414 e. The average Bonchev–Trinajstić information content (AvgIpc) is 3.13. The number of likely N-dealkylation sites (tertiary alicyclic amines) is 1.